The predicted octanol–water partition coefficient (Wildman–Crippen LogP) is 5.20. The molecule has 0 fully saturated rings. The van der Waals surface area contributed by atoms with Crippen molar-refractivity contribution in [1.82, 2.24) is 5.32 Å². The largest absolute Gasteiger partial charge is 0.496 e. The molecule has 148 valence electrons. The monoisotopic (exact) mass is 379 g/mol. The second-order valence-electron chi connectivity index (χ2n) is 7.25. The van der Waals surface area contributed by atoms with Gasteiger partial charge in [-0.15, -0.1) is 0 Å². The Morgan fingerprint density at radius 1 is 1.14 bits per heavy atom. The topological polar surface area (TPSA) is 47.6 Å². The van der Waals surface area contributed by atoms with Crippen molar-refractivity contribution in [3.05, 3.63) is 70.8 Å². The third-order valence-electron chi connectivity index (χ3n) is 5.04. The van der Waals surface area contributed by atoms with E-state index >= 15 is 0 Å². The minimum Gasteiger partial charge on any atom is -0.496 e. The number of ether oxygens (including phenoxy) is 2. The SMILES string of the molecule is COc1ccc(C(=O)NCCC2=CCCCC2)cc1COc1cccc(C)c1. The van der Waals surface area contributed by atoms with Crippen molar-refractivity contribution in [2.24, 2.45) is 0 Å². The molecule has 0 radical (unpaired) electrons. The highest BCUT2D eigenvalue weighted by Gasteiger charge is 2.11. The van der Waals surface area contributed by atoms with Crippen LogP contribution in [0.4, 0.5) is 0 Å². The van der Waals surface area contributed by atoms with E-state index in [1.165, 1.54) is 31.3 Å². The van der Waals surface area contributed by atoms with Crippen molar-refractivity contribution in [2.45, 2.75) is 45.6 Å². The van der Waals surface area contributed by atoms with Gasteiger partial charge in [-0.25, -0.2) is 0 Å². The van der Waals surface area contributed by atoms with Crippen molar-refractivity contribution in [1.29, 1.82) is 0 Å². The standard InChI is InChI=1S/C24H29NO3/c1-18-7-6-10-22(15-18)28-17-21-16-20(11-12-23(21)27-2)24(26)25-14-13-19-8-4-3-5-9-19/h6-8,10-12,15-16H,3-5,9,13-14,17H2,1-2H3,(H,25,26). The zero-order valence-corrected chi connectivity index (χ0v) is 16.8. The van der Waals surface area contributed by atoms with Gasteiger partial charge in [0.15, 0.2) is 0 Å². The maximum Gasteiger partial charge on any atom is 0.251 e. The van der Waals surface area contributed by atoms with Crippen LogP contribution < -0.4 is 14.8 Å². The number of carbonyl (C=O) groups excluding carboxylic acids is 1. The molecule has 0 saturated heterocycles. The molecule has 4 heteroatoms. The Bertz CT molecular complexity index is 841. The smallest absolute Gasteiger partial charge is 0.251 e. The molecule has 0 aliphatic heterocycles. The van der Waals surface area contributed by atoms with Crippen molar-refractivity contribution < 1.29 is 14.3 Å². The van der Waals surface area contributed by atoms with Gasteiger partial charge >= 0.3 is 0 Å². The van der Waals surface area contributed by atoms with E-state index in [1.807, 2.05) is 43.3 Å². The van der Waals surface area contributed by atoms with Crippen LogP contribution in [0.15, 0.2) is 54.1 Å². The molecule has 1 aliphatic rings. The molecule has 0 spiro atoms. The van der Waals surface area contributed by atoms with Crippen molar-refractivity contribution >= 4 is 5.91 Å². The lowest BCUT2D eigenvalue weighted by atomic mass is 9.97. The molecular formula is C24H29NO3. The summed E-state index contributed by atoms with van der Waals surface area (Å²) >= 11 is 0. The zero-order chi connectivity index (χ0) is 19.8. The number of amides is 1. The van der Waals surface area contributed by atoms with E-state index in [4.69, 9.17) is 9.47 Å². The molecule has 1 amide bonds. The third kappa shape index (κ3) is 5.62. The van der Waals surface area contributed by atoms with E-state index in [9.17, 15) is 4.79 Å². The number of carbonyl (C=O) groups is 1. The number of allylic oxidation sites excluding steroid dienone is 1. The molecule has 1 N–H and O–H groups in total. The van der Waals surface area contributed by atoms with Gasteiger partial charge in [0.25, 0.3) is 5.91 Å². The summed E-state index contributed by atoms with van der Waals surface area (Å²) in [6.07, 6.45) is 8.15. The Balaban J connectivity index is 1.60. The van der Waals surface area contributed by atoms with Gasteiger partial charge in [0.1, 0.15) is 18.1 Å². The summed E-state index contributed by atoms with van der Waals surface area (Å²) in [5.41, 5.74) is 4.09. The lowest BCUT2D eigenvalue weighted by Gasteiger charge is -2.14. The quantitative estimate of drug-likeness (QED) is 0.641. The first-order chi connectivity index (χ1) is 13.7. The van der Waals surface area contributed by atoms with Crippen molar-refractivity contribution in [3.63, 3.8) is 0 Å². The Hall–Kier alpha value is -2.75. The van der Waals surface area contributed by atoms with Crippen LogP contribution in [-0.2, 0) is 6.61 Å². The maximum absolute atomic E-state index is 12.5. The number of hydrogen-bond acceptors (Lipinski definition) is 3. The van der Waals surface area contributed by atoms with Gasteiger partial charge in [0, 0.05) is 17.7 Å². The molecule has 0 heterocycles. The van der Waals surface area contributed by atoms with Gasteiger partial charge in [0.2, 0.25) is 0 Å². The van der Waals surface area contributed by atoms with Gasteiger partial charge in [-0.2, -0.15) is 0 Å². The van der Waals surface area contributed by atoms with Gasteiger partial charge in [-0.1, -0.05) is 23.8 Å². The molecule has 2 aromatic carbocycles. The Morgan fingerprint density at radius 3 is 2.79 bits per heavy atom. The lowest BCUT2D eigenvalue weighted by Crippen LogP contribution is -2.25. The first kappa shape index (κ1) is 20.0. The van der Waals surface area contributed by atoms with E-state index in [1.54, 1.807) is 13.2 Å². The van der Waals surface area contributed by atoms with Crippen LogP contribution in [0.2, 0.25) is 0 Å². The fourth-order valence-electron chi connectivity index (χ4n) is 3.47. The lowest BCUT2D eigenvalue weighted by molar-refractivity contribution is 0.0954. The average molecular weight is 380 g/mol. The average Bonchev–Trinajstić information content (AvgIpc) is 2.73. The summed E-state index contributed by atoms with van der Waals surface area (Å²) in [5.74, 6) is 1.46. The molecular weight excluding hydrogens is 350 g/mol. The molecule has 0 aromatic heterocycles. The van der Waals surface area contributed by atoms with E-state index in [-0.39, 0.29) is 5.91 Å². The molecule has 3 rings (SSSR count). The summed E-state index contributed by atoms with van der Waals surface area (Å²) in [7, 11) is 1.63. The van der Waals surface area contributed by atoms with Gasteiger partial charge in [-0.05, 0) is 74.9 Å². The Morgan fingerprint density at radius 2 is 2.04 bits per heavy atom. The fraction of sp³-hybridized carbons (Fsp3) is 0.375. The number of aryl methyl sites for hydroxylation is 1. The molecule has 4 nitrogen and oxygen atoms in total. The molecule has 0 atom stereocenters. The number of benzene rings is 2. The van der Waals surface area contributed by atoms with Crippen LogP contribution >= 0.6 is 0 Å². The summed E-state index contributed by atoms with van der Waals surface area (Å²) in [5, 5.41) is 3.03. The number of methoxy groups -OCH3 is 1. The van der Waals surface area contributed by atoms with E-state index in [0.29, 0.717) is 18.7 Å². The zero-order valence-electron chi connectivity index (χ0n) is 16.8. The fourth-order valence-corrected chi connectivity index (χ4v) is 3.47. The third-order valence-corrected chi connectivity index (χ3v) is 5.04. The molecule has 1 aliphatic carbocycles. The highest BCUT2D eigenvalue weighted by atomic mass is 16.5. The van der Waals surface area contributed by atoms with Crippen LogP contribution in [0.5, 0.6) is 11.5 Å². The first-order valence-corrected chi connectivity index (χ1v) is 9.98. The van der Waals surface area contributed by atoms with Gasteiger partial charge in [-0.3, -0.25) is 4.79 Å². The van der Waals surface area contributed by atoms with Crippen LogP contribution in [-0.4, -0.2) is 19.6 Å². The molecule has 28 heavy (non-hydrogen) atoms. The van der Waals surface area contributed by atoms with Crippen LogP contribution in [0.3, 0.4) is 0 Å². The van der Waals surface area contributed by atoms with Crippen LogP contribution in [0, 0.1) is 6.92 Å². The Labute approximate surface area is 167 Å². The molecule has 2 aromatic rings. The van der Waals surface area contributed by atoms with Gasteiger partial charge < -0.3 is 14.8 Å². The minimum atomic E-state index is -0.0594. The minimum absolute atomic E-state index is 0.0594. The summed E-state index contributed by atoms with van der Waals surface area (Å²) in [6.45, 7) is 3.05. The second kappa shape index (κ2) is 9.98. The number of hydrogen-bond donors (Lipinski definition) is 1. The highest BCUT2D eigenvalue weighted by molar-refractivity contribution is 5.94. The van der Waals surface area contributed by atoms with Crippen LogP contribution in [0.1, 0.15) is 53.6 Å². The summed E-state index contributed by atoms with van der Waals surface area (Å²) in [4.78, 5) is 12.5. The van der Waals surface area contributed by atoms with Gasteiger partial charge in [0.05, 0.1) is 7.11 Å². The van der Waals surface area contributed by atoms with Crippen LogP contribution in [0.25, 0.3) is 0 Å². The molecule has 0 bridgehead atoms. The normalized spacial score (nSPS) is 13.6. The summed E-state index contributed by atoms with van der Waals surface area (Å²) < 4.78 is 11.3. The Kier molecular flexibility index (Phi) is 7.12. The van der Waals surface area contributed by atoms with E-state index < -0.39 is 0 Å². The molecule has 0 unspecified atom stereocenters. The molecule has 0 saturated carbocycles. The number of rotatable bonds is 8. The highest BCUT2D eigenvalue weighted by Crippen LogP contribution is 2.23. The summed E-state index contributed by atoms with van der Waals surface area (Å²) in [6, 6.07) is 13.4. The van der Waals surface area contributed by atoms with Crippen molar-refractivity contribution in [2.75, 3.05) is 13.7 Å². The predicted molar refractivity (Wildman–Crippen MR) is 112 cm³/mol. The second-order valence-corrected chi connectivity index (χ2v) is 7.25. The number of nitrogens with one attached hydrogen (secondary N) is 1. The van der Waals surface area contributed by atoms with Crippen molar-refractivity contribution in [3.8, 4) is 11.5 Å². The van der Waals surface area contributed by atoms with E-state index in [0.717, 1.165) is 29.0 Å². The first-order valence-electron chi connectivity index (χ1n) is 9.98. The van der Waals surface area contributed by atoms with E-state index in [2.05, 4.69) is 11.4 Å². The maximum atomic E-state index is 12.5.